The van der Waals surface area contributed by atoms with E-state index in [2.05, 4.69) is 16.2 Å². The Morgan fingerprint density at radius 1 is 1.09 bits per heavy atom. The number of rotatable bonds is 4. The average Bonchev–Trinajstić information content (AvgIpc) is 3.46. The Bertz CT molecular complexity index is 1210. The number of nitriles is 1. The standard InChI is InChI=1S/C24H23F2N5O2/c25-19-8-18(9-20(26)10-19)22-5-6-33-31(22)24(32)17-3-1-15(2-4-17)14-30-23-7-16(11-27)12-28-21(23)13-29-30/h7-10,12-13,15,17,22H,1-6,14H2/t15-,17-,22-/m0/s1. The minimum Gasteiger partial charge on any atom is -0.272 e. The summed E-state index contributed by atoms with van der Waals surface area (Å²) < 4.78 is 29.3. The van der Waals surface area contributed by atoms with Gasteiger partial charge in [0.15, 0.2) is 0 Å². The van der Waals surface area contributed by atoms with Crippen LogP contribution in [-0.4, -0.2) is 32.3 Å². The molecule has 2 fully saturated rings. The van der Waals surface area contributed by atoms with E-state index in [0.717, 1.165) is 29.9 Å². The summed E-state index contributed by atoms with van der Waals surface area (Å²) in [7, 11) is 0. The third-order valence-electron chi connectivity index (χ3n) is 6.64. The van der Waals surface area contributed by atoms with Crippen LogP contribution in [0.25, 0.3) is 11.0 Å². The molecule has 1 atom stereocenters. The molecule has 170 valence electrons. The summed E-state index contributed by atoms with van der Waals surface area (Å²) in [5.41, 5.74) is 2.51. The van der Waals surface area contributed by atoms with Crippen LogP contribution in [0.3, 0.4) is 0 Å². The molecule has 0 N–H and O–H groups in total. The number of nitrogens with zero attached hydrogens (tertiary/aromatic N) is 5. The number of amides is 1. The molecular weight excluding hydrogens is 428 g/mol. The van der Waals surface area contributed by atoms with Crippen molar-refractivity contribution >= 4 is 16.9 Å². The average molecular weight is 451 g/mol. The molecule has 5 rings (SSSR count). The quantitative estimate of drug-likeness (QED) is 0.591. The predicted molar refractivity (Wildman–Crippen MR) is 114 cm³/mol. The molecule has 33 heavy (non-hydrogen) atoms. The molecule has 0 unspecified atom stereocenters. The van der Waals surface area contributed by atoms with E-state index in [1.54, 1.807) is 12.3 Å². The first kappa shape index (κ1) is 21.5. The van der Waals surface area contributed by atoms with Gasteiger partial charge in [0.05, 0.1) is 29.9 Å². The molecule has 1 amide bonds. The topological polar surface area (TPSA) is 84.0 Å². The molecule has 3 aromatic rings. The number of aromatic nitrogens is 3. The van der Waals surface area contributed by atoms with Gasteiger partial charge in [-0.25, -0.2) is 13.8 Å². The Labute approximate surface area is 189 Å². The van der Waals surface area contributed by atoms with Crippen LogP contribution >= 0.6 is 0 Å². The molecule has 7 nitrogen and oxygen atoms in total. The Morgan fingerprint density at radius 2 is 1.85 bits per heavy atom. The molecule has 1 aliphatic carbocycles. The molecule has 0 radical (unpaired) electrons. The van der Waals surface area contributed by atoms with Crippen LogP contribution < -0.4 is 0 Å². The number of pyridine rings is 1. The van der Waals surface area contributed by atoms with Crippen molar-refractivity contribution in [2.45, 2.75) is 44.7 Å². The third kappa shape index (κ3) is 4.31. The second kappa shape index (κ2) is 8.87. The fourth-order valence-electron chi connectivity index (χ4n) is 4.94. The Kier molecular flexibility index (Phi) is 5.77. The smallest absolute Gasteiger partial charge is 0.249 e. The predicted octanol–water partition coefficient (Wildman–Crippen LogP) is 4.29. The van der Waals surface area contributed by atoms with Gasteiger partial charge in [0, 0.05) is 31.1 Å². The minimum atomic E-state index is -0.659. The van der Waals surface area contributed by atoms with E-state index in [0.29, 0.717) is 49.5 Å². The van der Waals surface area contributed by atoms with Crippen LogP contribution in [0.1, 0.15) is 49.3 Å². The number of hydrogen-bond donors (Lipinski definition) is 0. The molecule has 1 aromatic carbocycles. The molecule has 3 heterocycles. The van der Waals surface area contributed by atoms with Crippen LogP contribution in [-0.2, 0) is 16.2 Å². The fraction of sp³-hybridized carbons (Fsp3) is 0.417. The summed E-state index contributed by atoms with van der Waals surface area (Å²) in [6.07, 6.45) is 6.90. The molecule has 1 aliphatic heterocycles. The summed E-state index contributed by atoms with van der Waals surface area (Å²) in [6.45, 7) is 1.04. The molecule has 1 saturated heterocycles. The summed E-state index contributed by atoms with van der Waals surface area (Å²) in [5, 5.41) is 14.9. The monoisotopic (exact) mass is 451 g/mol. The highest BCUT2D eigenvalue weighted by Crippen LogP contribution is 2.37. The lowest BCUT2D eigenvalue weighted by atomic mass is 9.81. The van der Waals surface area contributed by atoms with Gasteiger partial charge >= 0.3 is 0 Å². The third-order valence-corrected chi connectivity index (χ3v) is 6.64. The highest BCUT2D eigenvalue weighted by Gasteiger charge is 2.37. The van der Waals surface area contributed by atoms with Gasteiger partial charge in [-0.2, -0.15) is 10.4 Å². The zero-order valence-corrected chi connectivity index (χ0v) is 18.0. The van der Waals surface area contributed by atoms with Gasteiger partial charge in [-0.3, -0.25) is 19.3 Å². The van der Waals surface area contributed by atoms with Gasteiger partial charge in [0.25, 0.3) is 0 Å². The normalized spacial score (nSPS) is 23.1. The maximum absolute atomic E-state index is 13.7. The maximum atomic E-state index is 13.7. The zero-order chi connectivity index (χ0) is 22.9. The van der Waals surface area contributed by atoms with Crippen molar-refractivity contribution in [1.29, 1.82) is 5.26 Å². The maximum Gasteiger partial charge on any atom is 0.249 e. The summed E-state index contributed by atoms with van der Waals surface area (Å²) in [4.78, 5) is 23.0. The molecule has 0 bridgehead atoms. The van der Waals surface area contributed by atoms with Gasteiger partial charge in [-0.05, 0) is 55.4 Å². The van der Waals surface area contributed by atoms with Crippen LogP contribution in [0.5, 0.6) is 0 Å². The van der Waals surface area contributed by atoms with E-state index in [1.165, 1.54) is 23.4 Å². The number of carbonyl (C=O) groups is 1. The molecular formula is C24H23F2N5O2. The number of hydroxylamine groups is 2. The van der Waals surface area contributed by atoms with E-state index >= 15 is 0 Å². The first-order chi connectivity index (χ1) is 16.0. The van der Waals surface area contributed by atoms with Crippen LogP contribution in [0, 0.1) is 34.8 Å². The van der Waals surface area contributed by atoms with Crippen LogP contribution in [0.4, 0.5) is 8.78 Å². The van der Waals surface area contributed by atoms with E-state index in [9.17, 15) is 13.6 Å². The Balaban J connectivity index is 1.23. The summed E-state index contributed by atoms with van der Waals surface area (Å²) >= 11 is 0. The highest BCUT2D eigenvalue weighted by molar-refractivity contribution is 5.78. The van der Waals surface area contributed by atoms with Crippen molar-refractivity contribution in [1.82, 2.24) is 19.8 Å². The number of fused-ring (bicyclic) bond motifs is 1. The second-order valence-corrected chi connectivity index (χ2v) is 8.79. The number of halogens is 2. The number of carbonyl (C=O) groups excluding carboxylic acids is 1. The molecule has 0 spiro atoms. The summed E-state index contributed by atoms with van der Waals surface area (Å²) in [6, 6.07) is 6.78. The molecule has 2 aromatic heterocycles. The van der Waals surface area contributed by atoms with Crippen LogP contribution in [0.15, 0.2) is 36.7 Å². The first-order valence-corrected chi connectivity index (χ1v) is 11.2. The zero-order valence-electron chi connectivity index (χ0n) is 18.0. The van der Waals surface area contributed by atoms with Crippen molar-refractivity contribution in [3.05, 3.63) is 59.4 Å². The van der Waals surface area contributed by atoms with E-state index < -0.39 is 17.7 Å². The van der Waals surface area contributed by atoms with Gasteiger partial charge in [-0.1, -0.05) is 0 Å². The molecule has 2 aliphatic rings. The molecule has 9 heteroatoms. The Morgan fingerprint density at radius 3 is 2.58 bits per heavy atom. The van der Waals surface area contributed by atoms with Crippen molar-refractivity contribution in [3.8, 4) is 6.07 Å². The van der Waals surface area contributed by atoms with Crippen molar-refractivity contribution in [2.24, 2.45) is 11.8 Å². The first-order valence-electron chi connectivity index (χ1n) is 11.2. The second-order valence-electron chi connectivity index (χ2n) is 8.79. The minimum absolute atomic E-state index is 0.118. The van der Waals surface area contributed by atoms with E-state index in [4.69, 9.17) is 10.1 Å². The largest absolute Gasteiger partial charge is 0.272 e. The van der Waals surface area contributed by atoms with Gasteiger partial charge in [0.1, 0.15) is 23.2 Å². The lowest BCUT2D eigenvalue weighted by Gasteiger charge is -2.32. The van der Waals surface area contributed by atoms with Crippen molar-refractivity contribution < 1.29 is 18.4 Å². The molecule has 1 saturated carbocycles. The summed E-state index contributed by atoms with van der Waals surface area (Å²) in [5.74, 6) is -1.26. The SMILES string of the molecule is N#Cc1cnc2cnn(C[C@H]3CC[C@H](C(=O)N4OCC[C@H]4c4cc(F)cc(F)c4)CC3)c2c1. The van der Waals surface area contributed by atoms with Crippen LogP contribution in [0.2, 0.25) is 0 Å². The van der Waals surface area contributed by atoms with Crippen molar-refractivity contribution in [3.63, 3.8) is 0 Å². The number of hydrogen-bond acceptors (Lipinski definition) is 5. The van der Waals surface area contributed by atoms with Gasteiger partial charge in [-0.15, -0.1) is 0 Å². The lowest BCUT2D eigenvalue weighted by Crippen LogP contribution is -2.37. The van der Waals surface area contributed by atoms with E-state index in [1.807, 2.05) is 4.68 Å². The highest BCUT2D eigenvalue weighted by atomic mass is 19.1. The Hall–Kier alpha value is -3.38. The van der Waals surface area contributed by atoms with Gasteiger partial charge < -0.3 is 0 Å². The lowest BCUT2D eigenvalue weighted by molar-refractivity contribution is -0.183. The van der Waals surface area contributed by atoms with Gasteiger partial charge in [0.2, 0.25) is 5.91 Å². The fourth-order valence-corrected chi connectivity index (χ4v) is 4.94. The van der Waals surface area contributed by atoms with Crippen molar-refractivity contribution in [2.75, 3.05) is 6.61 Å². The number of benzene rings is 1. The van der Waals surface area contributed by atoms with E-state index in [-0.39, 0.29) is 11.8 Å².